The number of benzene rings is 2. The van der Waals surface area contributed by atoms with Crippen LogP contribution in [-0.4, -0.2) is 71.6 Å². The lowest BCUT2D eigenvalue weighted by Crippen LogP contribution is -2.52. The third-order valence-electron chi connectivity index (χ3n) is 5.90. The summed E-state index contributed by atoms with van der Waals surface area (Å²) in [5.74, 6) is 2.05. The molecule has 1 unspecified atom stereocenters. The smallest absolute Gasteiger partial charge is 0.407 e. The van der Waals surface area contributed by atoms with Crippen molar-refractivity contribution in [3.05, 3.63) is 60.4 Å². The van der Waals surface area contributed by atoms with Crippen LogP contribution in [0.2, 0.25) is 0 Å². The molecule has 35 heavy (non-hydrogen) atoms. The molecule has 1 fully saturated rings. The second kappa shape index (κ2) is 10.6. The van der Waals surface area contributed by atoms with E-state index in [0.717, 1.165) is 22.6 Å². The Balaban J connectivity index is 1.15. The lowest BCUT2D eigenvalue weighted by atomic mass is 10.1. The van der Waals surface area contributed by atoms with Crippen molar-refractivity contribution in [1.82, 2.24) is 20.2 Å². The van der Waals surface area contributed by atoms with Crippen LogP contribution in [0.1, 0.15) is 5.56 Å². The van der Waals surface area contributed by atoms with Crippen molar-refractivity contribution in [3.63, 3.8) is 0 Å². The first-order chi connectivity index (χ1) is 17.2. The summed E-state index contributed by atoms with van der Waals surface area (Å²) < 4.78 is 16.8. The second-order valence-electron chi connectivity index (χ2n) is 8.27. The monoisotopic (exact) mass is 477 g/mol. The fourth-order valence-electron chi connectivity index (χ4n) is 4.12. The van der Waals surface area contributed by atoms with Gasteiger partial charge in [-0.2, -0.15) is 0 Å². The predicted octanol–water partition coefficient (Wildman–Crippen LogP) is 3.13. The normalized spacial score (nSPS) is 17.1. The Morgan fingerprint density at radius 1 is 1.06 bits per heavy atom. The molecule has 2 aromatic carbocycles. The lowest BCUT2D eigenvalue weighted by Gasteiger charge is -2.33. The van der Waals surface area contributed by atoms with E-state index >= 15 is 0 Å². The van der Waals surface area contributed by atoms with Crippen LogP contribution in [0.4, 0.5) is 16.3 Å². The van der Waals surface area contributed by atoms with Gasteiger partial charge in [-0.3, -0.25) is 9.88 Å². The van der Waals surface area contributed by atoms with E-state index in [1.165, 1.54) is 4.90 Å². The molecule has 10 nitrogen and oxygen atoms in total. The number of ether oxygens (including phenoxy) is 3. The van der Waals surface area contributed by atoms with Crippen LogP contribution in [0.15, 0.2) is 54.9 Å². The van der Waals surface area contributed by atoms with Gasteiger partial charge in [-0.1, -0.05) is 18.2 Å². The maximum absolute atomic E-state index is 11.3. The number of nitrogens with one attached hydrogen (secondary N) is 2. The van der Waals surface area contributed by atoms with Crippen LogP contribution in [0.5, 0.6) is 11.5 Å². The van der Waals surface area contributed by atoms with E-state index < -0.39 is 6.09 Å². The maximum atomic E-state index is 11.3. The van der Waals surface area contributed by atoms with Crippen LogP contribution in [0.25, 0.3) is 11.3 Å². The highest BCUT2D eigenvalue weighted by Crippen LogP contribution is 2.38. The van der Waals surface area contributed by atoms with Gasteiger partial charge in [-0.15, -0.1) is 0 Å². The number of anilines is 2. The average molecular weight is 478 g/mol. The van der Waals surface area contributed by atoms with Gasteiger partial charge in [-0.05, 0) is 29.8 Å². The minimum Gasteiger partial charge on any atom is -0.486 e. The zero-order chi connectivity index (χ0) is 24.0. The summed E-state index contributed by atoms with van der Waals surface area (Å²) in [5.41, 5.74) is 3.54. The van der Waals surface area contributed by atoms with E-state index in [1.54, 1.807) is 12.4 Å². The van der Waals surface area contributed by atoms with Crippen molar-refractivity contribution in [2.45, 2.75) is 12.6 Å². The number of para-hydroxylation sites is 1. The van der Waals surface area contributed by atoms with Crippen LogP contribution in [0.3, 0.4) is 0 Å². The molecule has 3 N–H and O–H groups in total. The Hall–Kier alpha value is -3.89. The molecule has 2 aliphatic rings. The molecule has 1 saturated heterocycles. The summed E-state index contributed by atoms with van der Waals surface area (Å²) in [6.07, 6.45) is 2.50. The lowest BCUT2D eigenvalue weighted by molar-refractivity contribution is 0.000382. The molecule has 0 saturated carbocycles. The van der Waals surface area contributed by atoms with E-state index in [1.807, 2.05) is 42.5 Å². The Kier molecular flexibility index (Phi) is 6.92. The molecule has 1 aromatic heterocycles. The molecule has 0 spiro atoms. The number of carboxylic acid groups (broad SMARTS) is 1. The number of rotatable bonds is 7. The molecule has 0 aliphatic carbocycles. The molecule has 3 aromatic rings. The van der Waals surface area contributed by atoms with Crippen molar-refractivity contribution in [2.24, 2.45) is 0 Å². The third-order valence-corrected chi connectivity index (χ3v) is 5.90. The summed E-state index contributed by atoms with van der Waals surface area (Å²) >= 11 is 0. The molecule has 0 radical (unpaired) electrons. The first-order valence-electron chi connectivity index (χ1n) is 11.5. The zero-order valence-electron chi connectivity index (χ0n) is 19.1. The summed E-state index contributed by atoms with van der Waals surface area (Å²) in [6.45, 7) is 3.48. The Bertz CT molecular complexity index is 1160. The number of nitrogens with zero attached hydrogens (tertiary/aromatic N) is 3. The Morgan fingerprint density at radius 2 is 1.91 bits per heavy atom. The van der Waals surface area contributed by atoms with Crippen molar-refractivity contribution < 1.29 is 24.1 Å². The standard InChI is InChI=1S/C25H27N5O5/c31-25(32)30-8-9-33-16-19(30)13-26-12-17-4-6-18(7-5-17)29-23-15-27-21(14-28-23)20-2-1-3-22-24(20)35-11-10-34-22/h1-7,14-15,19,26H,8-13,16H2,(H,28,29)(H,31,32). The maximum Gasteiger partial charge on any atom is 0.407 e. The molecular weight excluding hydrogens is 450 g/mol. The number of amides is 1. The molecule has 10 heteroatoms. The van der Waals surface area contributed by atoms with Gasteiger partial charge < -0.3 is 30.0 Å². The first-order valence-corrected chi connectivity index (χ1v) is 11.5. The molecule has 2 aliphatic heterocycles. The van der Waals surface area contributed by atoms with Gasteiger partial charge in [0.15, 0.2) is 11.5 Å². The highest BCUT2D eigenvalue weighted by molar-refractivity contribution is 5.71. The number of hydrogen-bond donors (Lipinski definition) is 3. The second-order valence-corrected chi connectivity index (χ2v) is 8.27. The molecule has 5 rings (SSSR count). The van der Waals surface area contributed by atoms with Crippen molar-refractivity contribution in [1.29, 1.82) is 0 Å². The van der Waals surface area contributed by atoms with E-state index in [9.17, 15) is 9.90 Å². The summed E-state index contributed by atoms with van der Waals surface area (Å²) in [4.78, 5) is 21.8. The minimum absolute atomic E-state index is 0.177. The van der Waals surface area contributed by atoms with Gasteiger partial charge in [0.1, 0.15) is 19.0 Å². The molecule has 1 atom stereocenters. The van der Waals surface area contributed by atoms with Crippen LogP contribution >= 0.6 is 0 Å². The number of hydrogen-bond acceptors (Lipinski definition) is 8. The first kappa shape index (κ1) is 22.9. The van der Waals surface area contributed by atoms with E-state index in [4.69, 9.17) is 14.2 Å². The number of aromatic nitrogens is 2. The van der Waals surface area contributed by atoms with Gasteiger partial charge >= 0.3 is 6.09 Å². The van der Waals surface area contributed by atoms with E-state index in [0.29, 0.717) is 63.3 Å². The Labute approximate surface area is 202 Å². The molecule has 182 valence electrons. The SMILES string of the molecule is O=C(O)N1CCOCC1CNCc1ccc(Nc2cnc(-c3cccc4c3OCCO4)cn2)cc1. The molecule has 3 heterocycles. The fraction of sp³-hybridized carbons (Fsp3) is 0.320. The van der Waals surface area contributed by atoms with Crippen LogP contribution in [0, 0.1) is 0 Å². The molecular formula is C25H27N5O5. The van der Waals surface area contributed by atoms with Crippen LogP contribution < -0.4 is 20.1 Å². The van der Waals surface area contributed by atoms with Gasteiger partial charge in [0.25, 0.3) is 0 Å². The van der Waals surface area contributed by atoms with Gasteiger partial charge in [0, 0.05) is 30.9 Å². The predicted molar refractivity (Wildman–Crippen MR) is 129 cm³/mol. The molecule has 0 bridgehead atoms. The zero-order valence-corrected chi connectivity index (χ0v) is 19.1. The minimum atomic E-state index is -0.905. The van der Waals surface area contributed by atoms with Gasteiger partial charge in [-0.25, -0.2) is 9.78 Å². The highest BCUT2D eigenvalue weighted by atomic mass is 16.6. The number of carbonyl (C=O) groups is 1. The van der Waals surface area contributed by atoms with E-state index in [2.05, 4.69) is 20.6 Å². The summed E-state index contributed by atoms with van der Waals surface area (Å²) in [6, 6.07) is 13.5. The highest BCUT2D eigenvalue weighted by Gasteiger charge is 2.26. The topological polar surface area (TPSA) is 118 Å². The average Bonchev–Trinajstić information content (AvgIpc) is 2.90. The van der Waals surface area contributed by atoms with Crippen molar-refractivity contribution in [2.75, 3.05) is 44.8 Å². The van der Waals surface area contributed by atoms with Crippen molar-refractivity contribution >= 4 is 17.6 Å². The van der Waals surface area contributed by atoms with Gasteiger partial charge in [0.2, 0.25) is 0 Å². The number of fused-ring (bicyclic) bond motifs is 1. The van der Waals surface area contributed by atoms with Crippen molar-refractivity contribution in [3.8, 4) is 22.8 Å². The quantitative estimate of drug-likeness (QED) is 0.472. The largest absolute Gasteiger partial charge is 0.486 e. The number of morpholine rings is 1. The third kappa shape index (κ3) is 5.44. The summed E-state index contributed by atoms with van der Waals surface area (Å²) in [5, 5.41) is 15.9. The Morgan fingerprint density at radius 3 is 2.71 bits per heavy atom. The summed E-state index contributed by atoms with van der Waals surface area (Å²) in [7, 11) is 0. The van der Waals surface area contributed by atoms with E-state index in [-0.39, 0.29) is 6.04 Å². The molecule has 1 amide bonds. The van der Waals surface area contributed by atoms with Gasteiger partial charge in [0.05, 0.1) is 37.3 Å². The fourth-order valence-corrected chi connectivity index (χ4v) is 4.12. The van der Waals surface area contributed by atoms with Crippen LogP contribution in [-0.2, 0) is 11.3 Å².